The van der Waals surface area contributed by atoms with Gasteiger partial charge in [0, 0.05) is 6.61 Å². The van der Waals surface area contributed by atoms with Gasteiger partial charge in [-0.05, 0) is 6.42 Å². The summed E-state index contributed by atoms with van der Waals surface area (Å²) in [6, 6.07) is 0. The molecule has 5 heavy (non-hydrogen) atoms. The van der Waals surface area contributed by atoms with Crippen molar-refractivity contribution in [2.75, 3.05) is 6.61 Å². The predicted molar refractivity (Wildman–Crippen MR) is 22.0 cm³/mol. The molecule has 32 valence electrons. The highest BCUT2D eigenvalue weighted by molar-refractivity contribution is 4.23. The molecule has 0 aromatic heterocycles. The second-order valence-electron chi connectivity index (χ2n) is 1.08. The number of hydrogen-bond donors (Lipinski definition) is 1. The molecule has 0 aliphatic carbocycles. The molecule has 0 aliphatic rings. The third kappa shape index (κ3) is 3.96. The molecule has 0 atom stereocenters. The van der Waals surface area contributed by atoms with Crippen LogP contribution in [-0.2, 0) is 0 Å². The van der Waals surface area contributed by atoms with Crippen molar-refractivity contribution in [2.24, 2.45) is 0 Å². The first-order valence-corrected chi connectivity index (χ1v) is 2.02. The first-order valence-electron chi connectivity index (χ1n) is 2.02. The second-order valence-corrected chi connectivity index (χ2v) is 1.08. The summed E-state index contributed by atoms with van der Waals surface area (Å²) in [5, 5.41) is 8.07. The Morgan fingerprint density at radius 1 is 1.60 bits per heavy atom. The Morgan fingerprint density at radius 3 is 2.20 bits per heavy atom. The van der Waals surface area contributed by atoms with Crippen molar-refractivity contribution in [3.63, 3.8) is 0 Å². The van der Waals surface area contributed by atoms with Crippen molar-refractivity contribution in [3.05, 3.63) is 0 Å². The summed E-state index contributed by atoms with van der Waals surface area (Å²) in [4.78, 5) is 0. The minimum atomic E-state index is 0.344. The molecule has 0 saturated carbocycles. The fourth-order valence-corrected chi connectivity index (χ4v) is 0.158. The summed E-state index contributed by atoms with van der Waals surface area (Å²) in [7, 11) is 0. The van der Waals surface area contributed by atoms with Crippen LogP contribution in [0.3, 0.4) is 0 Å². The predicted octanol–water partition coefficient (Wildman–Crippen LogP) is 0.779. The molecule has 0 heterocycles. The zero-order valence-electron chi connectivity index (χ0n) is 3.57. The standard InChI is InChI=1S/C4H10O/c1-2-3-4-5/h5H,2-4H2,1H3/i4+1. The van der Waals surface area contributed by atoms with Gasteiger partial charge in [-0.3, -0.25) is 0 Å². The van der Waals surface area contributed by atoms with Crippen LogP contribution in [0, 0.1) is 0 Å². The summed E-state index contributed by atoms with van der Waals surface area (Å²) in [6.45, 7) is 2.40. The first-order chi connectivity index (χ1) is 2.41. The van der Waals surface area contributed by atoms with Gasteiger partial charge in [-0.2, -0.15) is 0 Å². The minimum Gasteiger partial charge on any atom is -0.396 e. The van der Waals surface area contributed by atoms with Gasteiger partial charge in [-0.25, -0.2) is 0 Å². The number of hydrogen-bond acceptors (Lipinski definition) is 1. The monoisotopic (exact) mass is 75.1 g/mol. The van der Waals surface area contributed by atoms with Gasteiger partial charge in [-0.1, -0.05) is 13.3 Å². The molecule has 0 bridgehead atoms. The second kappa shape index (κ2) is 3.96. The van der Waals surface area contributed by atoms with Crippen LogP contribution >= 0.6 is 0 Å². The first kappa shape index (κ1) is 4.96. The highest BCUT2D eigenvalue weighted by atomic mass is 16.3. The van der Waals surface area contributed by atoms with Gasteiger partial charge < -0.3 is 5.11 Å². The quantitative estimate of drug-likeness (QED) is 0.481. The molecule has 0 aromatic rings. The van der Waals surface area contributed by atoms with Gasteiger partial charge in [-0.15, -0.1) is 0 Å². The van der Waals surface area contributed by atoms with Crippen molar-refractivity contribution in [3.8, 4) is 0 Å². The molecule has 1 heteroatoms. The highest BCUT2D eigenvalue weighted by Gasteiger charge is 1.69. The van der Waals surface area contributed by atoms with E-state index in [2.05, 4.69) is 6.92 Å². The van der Waals surface area contributed by atoms with Gasteiger partial charge in [0.15, 0.2) is 0 Å². The van der Waals surface area contributed by atoms with Crippen molar-refractivity contribution >= 4 is 0 Å². The Hall–Kier alpha value is -0.0400. The van der Waals surface area contributed by atoms with Gasteiger partial charge in [0.1, 0.15) is 0 Å². The van der Waals surface area contributed by atoms with Crippen molar-refractivity contribution in [1.29, 1.82) is 0 Å². The number of aliphatic hydroxyl groups excluding tert-OH is 1. The molecule has 0 aliphatic heterocycles. The number of unbranched alkanes of at least 4 members (excludes halogenated alkanes) is 1. The maximum atomic E-state index is 8.07. The average molecular weight is 75.1 g/mol. The molecular formula is C4H10O. The van der Waals surface area contributed by atoms with Crippen LogP contribution in [0.15, 0.2) is 0 Å². The van der Waals surface area contributed by atoms with Gasteiger partial charge >= 0.3 is 0 Å². The highest BCUT2D eigenvalue weighted by Crippen LogP contribution is 1.78. The van der Waals surface area contributed by atoms with Crippen molar-refractivity contribution in [2.45, 2.75) is 19.8 Å². The largest absolute Gasteiger partial charge is 0.396 e. The minimum absolute atomic E-state index is 0.344. The van der Waals surface area contributed by atoms with E-state index in [1.165, 1.54) is 0 Å². The van der Waals surface area contributed by atoms with E-state index in [1.807, 2.05) is 0 Å². The molecule has 0 amide bonds. The zero-order chi connectivity index (χ0) is 4.12. The van der Waals surface area contributed by atoms with Crippen LogP contribution in [0.5, 0.6) is 0 Å². The van der Waals surface area contributed by atoms with Crippen molar-refractivity contribution < 1.29 is 5.11 Å². The fourth-order valence-electron chi connectivity index (χ4n) is 0.158. The Balaban J connectivity index is 2.19. The molecule has 0 fully saturated rings. The lowest BCUT2D eigenvalue weighted by Crippen LogP contribution is -1.75. The van der Waals surface area contributed by atoms with Crippen molar-refractivity contribution in [1.82, 2.24) is 0 Å². The Morgan fingerprint density at radius 2 is 2.20 bits per heavy atom. The average Bonchev–Trinajstić information content (AvgIpc) is 1.41. The molecule has 0 rings (SSSR count). The number of rotatable bonds is 2. The molecule has 1 nitrogen and oxygen atoms in total. The van der Waals surface area contributed by atoms with E-state index >= 15 is 0 Å². The SMILES string of the molecule is CCC[13CH2]O. The van der Waals surface area contributed by atoms with Gasteiger partial charge in [0.25, 0.3) is 0 Å². The van der Waals surface area contributed by atoms with Crippen LogP contribution in [-0.4, -0.2) is 11.7 Å². The summed E-state index contributed by atoms with van der Waals surface area (Å²) in [5.41, 5.74) is 0. The maximum absolute atomic E-state index is 8.07. The van der Waals surface area contributed by atoms with Crippen LogP contribution in [0.4, 0.5) is 0 Å². The maximum Gasteiger partial charge on any atom is 0.0430 e. The Labute approximate surface area is 32.6 Å². The van der Waals surface area contributed by atoms with Gasteiger partial charge in [0.2, 0.25) is 0 Å². The molecular weight excluding hydrogens is 65.0 g/mol. The van der Waals surface area contributed by atoms with E-state index in [-0.39, 0.29) is 0 Å². The van der Waals surface area contributed by atoms with Gasteiger partial charge in [0.05, 0.1) is 0 Å². The smallest absolute Gasteiger partial charge is 0.0430 e. The van der Waals surface area contributed by atoms with Crippen LogP contribution in [0.1, 0.15) is 19.8 Å². The lowest BCUT2D eigenvalue weighted by atomic mass is 10.5. The Kier molecular flexibility index (Phi) is 3.93. The summed E-state index contributed by atoms with van der Waals surface area (Å²) in [5.74, 6) is 0. The number of aliphatic hydroxyl groups is 1. The van der Waals surface area contributed by atoms with Crippen LogP contribution in [0.25, 0.3) is 0 Å². The lowest BCUT2D eigenvalue weighted by Gasteiger charge is -1.79. The van der Waals surface area contributed by atoms with E-state index in [0.29, 0.717) is 6.61 Å². The zero-order valence-corrected chi connectivity index (χ0v) is 3.57. The molecule has 0 spiro atoms. The Bertz CT molecular complexity index is 11.1. The molecule has 0 radical (unpaired) electrons. The van der Waals surface area contributed by atoms with E-state index in [9.17, 15) is 0 Å². The van der Waals surface area contributed by atoms with Crippen LogP contribution < -0.4 is 0 Å². The van der Waals surface area contributed by atoms with Crippen LogP contribution in [0.2, 0.25) is 0 Å². The fraction of sp³-hybridized carbons (Fsp3) is 1.00. The van der Waals surface area contributed by atoms with E-state index in [4.69, 9.17) is 5.11 Å². The molecule has 0 unspecified atom stereocenters. The summed E-state index contributed by atoms with van der Waals surface area (Å²) >= 11 is 0. The van der Waals surface area contributed by atoms with E-state index in [1.54, 1.807) is 0 Å². The normalized spacial score (nSPS) is 8.40. The topological polar surface area (TPSA) is 20.2 Å². The summed E-state index contributed by atoms with van der Waals surface area (Å²) in [6.07, 6.45) is 2.04. The summed E-state index contributed by atoms with van der Waals surface area (Å²) < 4.78 is 0. The molecule has 1 N–H and O–H groups in total. The molecule has 0 saturated heterocycles. The third-order valence-electron chi connectivity index (χ3n) is 0.512. The molecule has 0 aromatic carbocycles. The lowest BCUT2D eigenvalue weighted by molar-refractivity contribution is 0.287. The van der Waals surface area contributed by atoms with E-state index in [0.717, 1.165) is 12.8 Å². The third-order valence-corrected chi connectivity index (χ3v) is 0.512. The van der Waals surface area contributed by atoms with E-state index < -0.39 is 0 Å².